The summed E-state index contributed by atoms with van der Waals surface area (Å²) in [6.45, 7) is -1.12. The normalized spacial score (nSPS) is 13.4. The molecule has 0 bridgehead atoms. The number of nitrogens with one attached hydrogen (secondary N) is 1. The molecule has 0 aromatic heterocycles. The minimum absolute atomic E-state index is 0.0136. The van der Waals surface area contributed by atoms with Gasteiger partial charge in [-0.3, -0.25) is 4.79 Å². The third-order valence-corrected chi connectivity index (χ3v) is 6.19. The number of aliphatic hydroxyl groups excluding tert-OH is 1. The van der Waals surface area contributed by atoms with Crippen LogP contribution in [0.15, 0.2) is 53.4 Å². The van der Waals surface area contributed by atoms with E-state index >= 15 is 0 Å². The third kappa shape index (κ3) is 5.77. The van der Waals surface area contributed by atoms with Crippen LogP contribution in [-0.4, -0.2) is 62.0 Å². The second kappa shape index (κ2) is 9.36. The number of halogens is 1. The average molecular weight is 442 g/mol. The van der Waals surface area contributed by atoms with Gasteiger partial charge in [-0.2, -0.15) is 0 Å². The van der Waals surface area contributed by atoms with E-state index in [1.807, 2.05) is 0 Å². The Morgan fingerprint density at radius 2 is 1.69 bits per heavy atom. The smallest absolute Gasteiger partial charge is 0.341 e. The fraction of sp³-hybridized carbons (Fsp3) is 0.263. The topological polar surface area (TPSA) is 130 Å². The minimum Gasteiger partial charge on any atom is -0.467 e. The van der Waals surface area contributed by atoms with Crippen LogP contribution >= 0.6 is 11.6 Å². The molecule has 0 heterocycles. The van der Waals surface area contributed by atoms with Crippen molar-refractivity contribution in [1.82, 2.24) is 0 Å². The molecule has 2 aromatic carbocycles. The molecule has 0 fully saturated rings. The molecule has 10 heteroatoms. The Labute approximate surface area is 173 Å². The number of Topliss-reactive ketones (excluding diaryl/α,β-unsaturated/α-hetero) is 1. The van der Waals surface area contributed by atoms with Crippen molar-refractivity contribution >= 4 is 38.9 Å². The van der Waals surface area contributed by atoms with E-state index in [2.05, 4.69) is 10.1 Å². The summed E-state index contributed by atoms with van der Waals surface area (Å²) in [5, 5.41) is 22.7. The summed E-state index contributed by atoms with van der Waals surface area (Å²) in [5.74, 6) is -2.46. The first kappa shape index (κ1) is 22.8. The summed E-state index contributed by atoms with van der Waals surface area (Å²) < 4.78 is 29.2. The number of ether oxygens (including phenoxy) is 1. The Morgan fingerprint density at radius 1 is 1.10 bits per heavy atom. The van der Waals surface area contributed by atoms with Crippen molar-refractivity contribution in [1.29, 1.82) is 0 Å². The van der Waals surface area contributed by atoms with Crippen molar-refractivity contribution in [2.75, 3.05) is 31.3 Å². The fourth-order valence-corrected chi connectivity index (χ4v) is 4.14. The van der Waals surface area contributed by atoms with E-state index in [9.17, 15) is 28.2 Å². The van der Waals surface area contributed by atoms with E-state index in [0.717, 1.165) is 7.11 Å². The van der Waals surface area contributed by atoms with Gasteiger partial charge in [-0.25, -0.2) is 13.2 Å². The van der Waals surface area contributed by atoms with E-state index < -0.39 is 33.8 Å². The first-order valence-electron chi connectivity index (χ1n) is 8.38. The standard InChI is InChI=1S/C19H20ClNO7S/c1-28-18(24)19(25,11-22)12-29(26,27)16-8-6-15(7-9-16)21-10-17(23)13-2-4-14(20)5-3-13/h2-9,21-22,25H,10-12H2,1H3. The zero-order chi connectivity index (χ0) is 21.7. The number of ketones is 1. The summed E-state index contributed by atoms with van der Waals surface area (Å²) in [7, 11) is -3.12. The Kier molecular flexibility index (Phi) is 7.37. The van der Waals surface area contributed by atoms with Crippen molar-refractivity contribution in [3.63, 3.8) is 0 Å². The van der Waals surface area contributed by atoms with E-state index in [4.69, 9.17) is 11.6 Å². The van der Waals surface area contributed by atoms with E-state index in [1.54, 1.807) is 24.3 Å². The van der Waals surface area contributed by atoms with Crippen LogP contribution in [0.4, 0.5) is 5.69 Å². The first-order valence-corrected chi connectivity index (χ1v) is 10.4. The lowest BCUT2D eigenvalue weighted by atomic mass is 10.1. The quantitative estimate of drug-likeness (QED) is 0.392. The van der Waals surface area contributed by atoms with Crippen LogP contribution in [0.2, 0.25) is 5.02 Å². The van der Waals surface area contributed by atoms with Gasteiger partial charge in [-0.05, 0) is 48.5 Å². The maximum atomic E-state index is 12.5. The van der Waals surface area contributed by atoms with Gasteiger partial charge in [0.25, 0.3) is 0 Å². The summed E-state index contributed by atoms with van der Waals surface area (Å²) in [5.41, 5.74) is -1.58. The van der Waals surface area contributed by atoms with Gasteiger partial charge in [-0.1, -0.05) is 11.6 Å². The van der Waals surface area contributed by atoms with Crippen molar-refractivity contribution in [3.8, 4) is 0 Å². The number of rotatable bonds is 9. The zero-order valence-electron chi connectivity index (χ0n) is 15.5. The van der Waals surface area contributed by atoms with Gasteiger partial charge in [-0.15, -0.1) is 0 Å². The number of aliphatic hydroxyl groups is 2. The van der Waals surface area contributed by atoms with Crippen LogP contribution in [0, 0.1) is 0 Å². The van der Waals surface area contributed by atoms with Crippen LogP contribution in [0.5, 0.6) is 0 Å². The molecule has 8 nitrogen and oxygen atoms in total. The Hall–Kier alpha value is -2.46. The van der Waals surface area contributed by atoms with Gasteiger partial charge in [0.1, 0.15) is 0 Å². The van der Waals surface area contributed by atoms with Gasteiger partial charge in [0.05, 0.1) is 30.9 Å². The molecule has 3 N–H and O–H groups in total. The predicted octanol–water partition coefficient (Wildman–Crippen LogP) is 1.30. The van der Waals surface area contributed by atoms with Crippen molar-refractivity contribution in [2.24, 2.45) is 0 Å². The van der Waals surface area contributed by atoms with Crippen LogP contribution in [0.25, 0.3) is 0 Å². The molecule has 0 radical (unpaired) electrons. The summed E-state index contributed by atoms with van der Waals surface area (Å²) in [6.07, 6.45) is 0. The van der Waals surface area contributed by atoms with Gasteiger partial charge in [0, 0.05) is 16.3 Å². The van der Waals surface area contributed by atoms with E-state index in [1.165, 1.54) is 24.3 Å². The van der Waals surface area contributed by atoms with E-state index in [0.29, 0.717) is 16.3 Å². The molecule has 0 saturated heterocycles. The maximum Gasteiger partial charge on any atom is 0.341 e. The van der Waals surface area contributed by atoms with E-state index in [-0.39, 0.29) is 17.2 Å². The van der Waals surface area contributed by atoms with Crippen LogP contribution in [-0.2, 0) is 19.4 Å². The molecule has 0 aliphatic heterocycles. The number of hydrogen-bond acceptors (Lipinski definition) is 8. The number of methoxy groups -OCH3 is 1. The molecule has 0 amide bonds. The molecular formula is C19H20ClNO7S. The molecule has 29 heavy (non-hydrogen) atoms. The predicted molar refractivity (Wildman–Crippen MR) is 107 cm³/mol. The van der Waals surface area contributed by atoms with Crippen molar-refractivity contribution in [2.45, 2.75) is 10.5 Å². The lowest BCUT2D eigenvalue weighted by molar-refractivity contribution is -0.163. The number of sulfone groups is 1. The molecule has 0 aliphatic rings. The summed E-state index contributed by atoms with van der Waals surface area (Å²) in [6, 6.07) is 11.8. The average Bonchev–Trinajstić information content (AvgIpc) is 2.71. The SMILES string of the molecule is COC(=O)C(O)(CO)CS(=O)(=O)c1ccc(NCC(=O)c2ccc(Cl)cc2)cc1. The number of carbonyl (C=O) groups excluding carboxylic acids is 2. The van der Waals surface area contributed by atoms with Gasteiger partial charge >= 0.3 is 5.97 Å². The molecule has 2 aromatic rings. The highest BCUT2D eigenvalue weighted by Gasteiger charge is 2.42. The Morgan fingerprint density at radius 3 is 2.21 bits per heavy atom. The number of hydrogen-bond donors (Lipinski definition) is 3. The molecule has 0 saturated carbocycles. The second-order valence-corrected chi connectivity index (χ2v) is 8.67. The molecule has 2 rings (SSSR count). The monoisotopic (exact) mass is 441 g/mol. The fourth-order valence-electron chi connectivity index (χ4n) is 2.46. The Bertz CT molecular complexity index is 975. The zero-order valence-corrected chi connectivity index (χ0v) is 17.0. The van der Waals surface area contributed by atoms with Crippen molar-refractivity contribution < 1.29 is 33.0 Å². The van der Waals surface area contributed by atoms with Crippen LogP contribution in [0.3, 0.4) is 0 Å². The van der Waals surface area contributed by atoms with Gasteiger partial charge in [0.15, 0.2) is 21.2 Å². The Balaban J connectivity index is 2.06. The van der Waals surface area contributed by atoms with Crippen LogP contribution < -0.4 is 5.32 Å². The number of esters is 1. The minimum atomic E-state index is -4.10. The number of carbonyl (C=O) groups is 2. The highest BCUT2D eigenvalue weighted by atomic mass is 35.5. The number of anilines is 1. The largest absolute Gasteiger partial charge is 0.467 e. The highest BCUT2D eigenvalue weighted by Crippen LogP contribution is 2.20. The van der Waals surface area contributed by atoms with Gasteiger partial charge in [0.2, 0.25) is 0 Å². The lowest BCUT2D eigenvalue weighted by Crippen LogP contribution is -2.49. The second-order valence-electron chi connectivity index (χ2n) is 6.25. The molecule has 1 atom stereocenters. The molecular weight excluding hydrogens is 422 g/mol. The van der Waals surface area contributed by atoms with Crippen molar-refractivity contribution in [3.05, 3.63) is 59.1 Å². The molecule has 1 unspecified atom stereocenters. The maximum absolute atomic E-state index is 12.5. The highest BCUT2D eigenvalue weighted by molar-refractivity contribution is 7.91. The molecule has 0 spiro atoms. The first-order chi connectivity index (χ1) is 13.6. The summed E-state index contributed by atoms with van der Waals surface area (Å²) in [4.78, 5) is 23.5. The molecule has 0 aliphatic carbocycles. The lowest BCUT2D eigenvalue weighted by Gasteiger charge is -2.22. The molecule has 156 valence electrons. The van der Waals surface area contributed by atoms with Crippen LogP contribution in [0.1, 0.15) is 10.4 Å². The summed E-state index contributed by atoms with van der Waals surface area (Å²) >= 11 is 5.78. The number of benzene rings is 2. The van der Waals surface area contributed by atoms with Gasteiger partial charge < -0.3 is 20.3 Å². The third-order valence-electron chi connectivity index (χ3n) is 4.09.